The summed E-state index contributed by atoms with van der Waals surface area (Å²) in [7, 11) is 0. The van der Waals surface area contributed by atoms with E-state index in [0.29, 0.717) is 22.3 Å². The molecule has 1 unspecified atom stereocenters. The summed E-state index contributed by atoms with van der Waals surface area (Å²) in [5, 5.41) is 0.940. The second-order valence-electron chi connectivity index (χ2n) is 3.13. The molecule has 0 radical (unpaired) electrons. The molecule has 14 heavy (non-hydrogen) atoms. The quantitative estimate of drug-likeness (QED) is 0.747. The molecule has 5 heteroatoms. The van der Waals surface area contributed by atoms with Crippen LogP contribution in [0.1, 0.15) is 0 Å². The fourth-order valence-corrected chi connectivity index (χ4v) is 2.00. The number of carbonyl (C=O) groups excluding carboxylic acids is 1. The van der Waals surface area contributed by atoms with Crippen LogP contribution in [0.15, 0.2) is 18.2 Å². The van der Waals surface area contributed by atoms with Crippen molar-refractivity contribution in [2.45, 2.75) is 6.04 Å². The Balaban J connectivity index is 2.38. The highest BCUT2D eigenvalue weighted by atomic mass is 35.5. The van der Waals surface area contributed by atoms with Gasteiger partial charge in [0.25, 0.3) is 0 Å². The third-order valence-electron chi connectivity index (χ3n) is 2.17. The number of anilines is 1. The molecule has 1 aliphatic heterocycles. The summed E-state index contributed by atoms with van der Waals surface area (Å²) in [6, 6.07) is 4.71. The number of benzene rings is 1. The van der Waals surface area contributed by atoms with Gasteiger partial charge in [-0.3, -0.25) is 4.79 Å². The summed E-state index contributed by atoms with van der Waals surface area (Å²) in [5.74, 6) is -0.139. The summed E-state index contributed by atoms with van der Waals surface area (Å²) in [6.07, 6.45) is 0. The Kier molecular flexibility index (Phi) is 2.39. The summed E-state index contributed by atoms with van der Waals surface area (Å²) < 4.78 is 0. The first-order valence-corrected chi connectivity index (χ1v) is 4.88. The molecule has 1 aliphatic rings. The maximum Gasteiger partial charge on any atom is 0.245 e. The Morgan fingerprint density at radius 3 is 2.36 bits per heavy atom. The number of hydrogen-bond acceptors (Lipinski definition) is 2. The molecule has 2 rings (SSSR count). The number of carbonyl (C=O) groups is 1. The first-order chi connectivity index (χ1) is 6.61. The van der Waals surface area contributed by atoms with E-state index >= 15 is 0 Å². The van der Waals surface area contributed by atoms with Crippen LogP contribution in [0.25, 0.3) is 0 Å². The molecule has 0 aliphatic carbocycles. The second-order valence-corrected chi connectivity index (χ2v) is 3.94. The van der Waals surface area contributed by atoms with Crippen LogP contribution in [0, 0.1) is 0 Å². The average molecular weight is 231 g/mol. The molecule has 1 saturated heterocycles. The summed E-state index contributed by atoms with van der Waals surface area (Å²) in [6.45, 7) is 0.474. The third-order valence-corrected chi connectivity index (χ3v) is 2.78. The van der Waals surface area contributed by atoms with Crippen molar-refractivity contribution >= 4 is 34.8 Å². The van der Waals surface area contributed by atoms with E-state index in [1.165, 1.54) is 4.90 Å². The van der Waals surface area contributed by atoms with Crippen molar-refractivity contribution in [2.24, 2.45) is 5.73 Å². The topological polar surface area (TPSA) is 46.3 Å². The van der Waals surface area contributed by atoms with E-state index in [1.54, 1.807) is 18.2 Å². The molecule has 1 heterocycles. The van der Waals surface area contributed by atoms with E-state index in [0.717, 1.165) is 0 Å². The van der Waals surface area contributed by atoms with Crippen molar-refractivity contribution in [3.05, 3.63) is 28.2 Å². The molecule has 1 aromatic carbocycles. The number of nitrogens with two attached hydrogens (primary N) is 1. The minimum Gasteiger partial charge on any atom is -0.318 e. The van der Waals surface area contributed by atoms with Crippen molar-refractivity contribution in [3.8, 4) is 0 Å². The van der Waals surface area contributed by atoms with Gasteiger partial charge in [-0.15, -0.1) is 0 Å². The molecular formula is C9H8Cl2N2O. The maximum atomic E-state index is 11.4. The second kappa shape index (κ2) is 3.42. The van der Waals surface area contributed by atoms with Crippen molar-refractivity contribution in [1.29, 1.82) is 0 Å². The van der Waals surface area contributed by atoms with Gasteiger partial charge in [-0.2, -0.15) is 0 Å². The van der Waals surface area contributed by atoms with Crippen LogP contribution in [0.5, 0.6) is 0 Å². The average Bonchev–Trinajstić information content (AvgIpc) is 2.16. The largest absolute Gasteiger partial charge is 0.318 e. The summed E-state index contributed by atoms with van der Waals surface area (Å²) >= 11 is 11.9. The maximum absolute atomic E-state index is 11.4. The molecule has 0 saturated carbocycles. The van der Waals surface area contributed by atoms with Crippen molar-refractivity contribution < 1.29 is 4.79 Å². The number of nitrogens with zero attached hydrogens (tertiary/aromatic N) is 1. The molecule has 2 N–H and O–H groups in total. The van der Waals surface area contributed by atoms with E-state index in [4.69, 9.17) is 28.9 Å². The lowest BCUT2D eigenvalue weighted by molar-refractivity contribution is -0.123. The van der Waals surface area contributed by atoms with Crippen LogP contribution in [-0.2, 0) is 4.79 Å². The number of halogens is 2. The molecule has 0 bridgehead atoms. The monoisotopic (exact) mass is 230 g/mol. The number of para-hydroxylation sites is 1. The Labute approximate surface area is 91.4 Å². The predicted octanol–water partition coefficient (Wildman–Crippen LogP) is 1.67. The highest BCUT2D eigenvalue weighted by Crippen LogP contribution is 2.36. The van der Waals surface area contributed by atoms with E-state index in [1.807, 2.05) is 0 Å². The molecule has 1 fully saturated rings. The lowest BCUT2D eigenvalue weighted by atomic mass is 10.1. The zero-order valence-corrected chi connectivity index (χ0v) is 8.72. The van der Waals surface area contributed by atoms with Gasteiger partial charge in [0, 0.05) is 0 Å². The standard InChI is InChI=1S/C9H8Cl2N2O/c10-5-2-1-3-6(11)8(5)13-4-7(12)9(13)14/h1-3,7H,4,12H2. The van der Waals surface area contributed by atoms with Gasteiger partial charge in [-0.25, -0.2) is 0 Å². The third kappa shape index (κ3) is 1.38. The molecule has 1 amide bonds. The van der Waals surface area contributed by atoms with E-state index in [-0.39, 0.29) is 5.91 Å². The van der Waals surface area contributed by atoms with Gasteiger partial charge in [0.05, 0.1) is 22.3 Å². The lowest BCUT2D eigenvalue weighted by Crippen LogP contribution is -2.61. The van der Waals surface area contributed by atoms with Gasteiger partial charge in [0.1, 0.15) is 6.04 Å². The minimum atomic E-state index is -0.415. The van der Waals surface area contributed by atoms with Gasteiger partial charge in [0.2, 0.25) is 5.91 Å². The molecule has 1 aromatic rings. The van der Waals surface area contributed by atoms with Gasteiger partial charge in [0.15, 0.2) is 0 Å². The van der Waals surface area contributed by atoms with Crippen LogP contribution in [-0.4, -0.2) is 18.5 Å². The number of hydrogen-bond donors (Lipinski definition) is 1. The van der Waals surface area contributed by atoms with E-state index < -0.39 is 6.04 Å². The SMILES string of the molecule is NC1CN(c2c(Cl)cccc2Cl)C1=O. The minimum absolute atomic E-state index is 0.139. The number of rotatable bonds is 1. The molecule has 1 atom stereocenters. The van der Waals surface area contributed by atoms with Crippen LogP contribution >= 0.6 is 23.2 Å². The molecule has 74 valence electrons. The zero-order valence-electron chi connectivity index (χ0n) is 7.21. The first kappa shape index (κ1) is 9.77. The van der Waals surface area contributed by atoms with Crippen LogP contribution < -0.4 is 10.6 Å². The van der Waals surface area contributed by atoms with Crippen LogP contribution in [0.4, 0.5) is 5.69 Å². The van der Waals surface area contributed by atoms with Gasteiger partial charge < -0.3 is 10.6 Å². The van der Waals surface area contributed by atoms with Crippen molar-refractivity contribution in [1.82, 2.24) is 0 Å². The first-order valence-electron chi connectivity index (χ1n) is 4.12. The molecule has 3 nitrogen and oxygen atoms in total. The Hall–Kier alpha value is -0.770. The lowest BCUT2D eigenvalue weighted by Gasteiger charge is -2.37. The highest BCUT2D eigenvalue weighted by Gasteiger charge is 2.36. The summed E-state index contributed by atoms with van der Waals surface area (Å²) in [4.78, 5) is 12.8. The fourth-order valence-electron chi connectivity index (χ4n) is 1.40. The molecule has 0 aromatic heterocycles. The van der Waals surface area contributed by atoms with Gasteiger partial charge in [-0.05, 0) is 12.1 Å². The molecule has 0 spiro atoms. The number of amides is 1. The van der Waals surface area contributed by atoms with Crippen molar-refractivity contribution in [2.75, 3.05) is 11.4 Å². The highest BCUT2D eigenvalue weighted by molar-refractivity contribution is 6.40. The number of β-lactam (4-membered cyclic amide) rings is 1. The van der Waals surface area contributed by atoms with E-state index in [9.17, 15) is 4.79 Å². The van der Waals surface area contributed by atoms with Gasteiger partial charge >= 0.3 is 0 Å². The zero-order chi connectivity index (χ0) is 10.3. The summed E-state index contributed by atoms with van der Waals surface area (Å²) in [5.41, 5.74) is 6.03. The molecular weight excluding hydrogens is 223 g/mol. The van der Waals surface area contributed by atoms with Crippen LogP contribution in [0.3, 0.4) is 0 Å². The Bertz CT molecular complexity index is 374. The van der Waals surface area contributed by atoms with Gasteiger partial charge in [-0.1, -0.05) is 29.3 Å². The smallest absolute Gasteiger partial charge is 0.245 e. The van der Waals surface area contributed by atoms with Crippen molar-refractivity contribution in [3.63, 3.8) is 0 Å². The Morgan fingerprint density at radius 1 is 1.36 bits per heavy atom. The van der Waals surface area contributed by atoms with E-state index in [2.05, 4.69) is 0 Å². The normalized spacial score (nSPS) is 20.9. The Morgan fingerprint density at radius 2 is 1.93 bits per heavy atom. The van der Waals surface area contributed by atoms with Crippen LogP contribution in [0.2, 0.25) is 10.0 Å². The predicted molar refractivity (Wildman–Crippen MR) is 56.8 cm³/mol. The fraction of sp³-hybridized carbons (Fsp3) is 0.222.